The lowest BCUT2D eigenvalue weighted by molar-refractivity contribution is -0.136. The highest BCUT2D eigenvalue weighted by Crippen LogP contribution is 2.04. The summed E-state index contributed by atoms with van der Waals surface area (Å²) in [7, 11) is 0. The summed E-state index contributed by atoms with van der Waals surface area (Å²) in [5.74, 6) is -0.334. The van der Waals surface area contributed by atoms with Gasteiger partial charge in [-0.15, -0.1) is 0 Å². The number of benzene rings is 1. The van der Waals surface area contributed by atoms with Crippen molar-refractivity contribution in [2.24, 2.45) is 0 Å². The molecule has 0 radical (unpaired) electrons. The normalized spacial score (nSPS) is 11.2. The van der Waals surface area contributed by atoms with Crippen molar-refractivity contribution in [3.8, 4) is 0 Å². The van der Waals surface area contributed by atoms with Crippen molar-refractivity contribution in [3.63, 3.8) is 0 Å². The molecule has 1 aromatic rings. The van der Waals surface area contributed by atoms with Gasteiger partial charge in [-0.05, 0) is 32.8 Å². The molecule has 0 heterocycles. The molecule has 3 nitrogen and oxygen atoms in total. The lowest BCUT2D eigenvalue weighted by atomic mass is 10.1. The van der Waals surface area contributed by atoms with Crippen LogP contribution in [0.3, 0.4) is 0 Å². The summed E-state index contributed by atoms with van der Waals surface area (Å²) in [6.07, 6.45) is 0.780. The predicted molar refractivity (Wildman–Crippen MR) is 64.2 cm³/mol. The van der Waals surface area contributed by atoms with E-state index in [0.717, 1.165) is 6.42 Å². The van der Waals surface area contributed by atoms with Crippen molar-refractivity contribution >= 4 is 5.91 Å². The summed E-state index contributed by atoms with van der Waals surface area (Å²) in [4.78, 5) is 11.3. The van der Waals surface area contributed by atoms with Crippen LogP contribution in [0.5, 0.6) is 0 Å². The third-order valence-electron chi connectivity index (χ3n) is 2.38. The second-order valence-corrected chi connectivity index (χ2v) is 4.55. The number of hydrogen-bond acceptors (Lipinski definition) is 2. The van der Waals surface area contributed by atoms with E-state index in [1.165, 1.54) is 25.0 Å². The van der Waals surface area contributed by atoms with Crippen LogP contribution in [0.4, 0.5) is 0 Å². The smallest absolute Gasteiger partial charge is 0.251 e. The standard InChI is InChI=1S/C13H19NO2/c1-10-4-6-11(7-5-10)8-9-14-12(15)13(2,3)16/h4-7,16H,8-9H2,1-3H3,(H,14,15). The van der Waals surface area contributed by atoms with Gasteiger partial charge in [-0.2, -0.15) is 0 Å². The van der Waals surface area contributed by atoms with E-state index in [1.807, 2.05) is 31.2 Å². The molecule has 0 fully saturated rings. The van der Waals surface area contributed by atoms with Crippen molar-refractivity contribution in [3.05, 3.63) is 35.4 Å². The zero-order chi connectivity index (χ0) is 12.2. The second kappa shape index (κ2) is 5.12. The molecule has 0 spiro atoms. The minimum atomic E-state index is -1.30. The van der Waals surface area contributed by atoms with E-state index in [2.05, 4.69) is 5.32 Å². The fraction of sp³-hybridized carbons (Fsp3) is 0.462. The Kier molecular flexibility index (Phi) is 4.07. The van der Waals surface area contributed by atoms with Gasteiger partial charge in [-0.3, -0.25) is 4.79 Å². The fourth-order valence-electron chi connectivity index (χ4n) is 1.29. The number of amides is 1. The molecule has 2 N–H and O–H groups in total. The van der Waals surface area contributed by atoms with Gasteiger partial charge in [0.2, 0.25) is 0 Å². The number of aryl methyl sites for hydroxylation is 1. The lowest BCUT2D eigenvalue weighted by Gasteiger charge is -2.16. The largest absolute Gasteiger partial charge is 0.381 e. The first kappa shape index (κ1) is 12.7. The van der Waals surface area contributed by atoms with Crippen molar-refractivity contribution in [1.82, 2.24) is 5.32 Å². The van der Waals surface area contributed by atoms with Crippen molar-refractivity contribution in [2.45, 2.75) is 32.8 Å². The maximum Gasteiger partial charge on any atom is 0.251 e. The molecule has 0 saturated carbocycles. The van der Waals surface area contributed by atoms with E-state index in [4.69, 9.17) is 0 Å². The van der Waals surface area contributed by atoms with Crippen molar-refractivity contribution in [2.75, 3.05) is 6.54 Å². The highest BCUT2D eigenvalue weighted by molar-refractivity contribution is 5.83. The fourth-order valence-corrected chi connectivity index (χ4v) is 1.29. The molecule has 1 amide bonds. The van der Waals surface area contributed by atoms with Gasteiger partial charge >= 0.3 is 0 Å². The highest BCUT2D eigenvalue weighted by Gasteiger charge is 2.22. The van der Waals surface area contributed by atoms with Gasteiger partial charge in [-0.1, -0.05) is 29.8 Å². The van der Waals surface area contributed by atoms with Crippen molar-refractivity contribution < 1.29 is 9.90 Å². The first-order chi connectivity index (χ1) is 7.39. The van der Waals surface area contributed by atoms with Crippen LogP contribution < -0.4 is 5.32 Å². The molecule has 0 unspecified atom stereocenters. The molecule has 1 aromatic carbocycles. The van der Waals surface area contributed by atoms with Crippen molar-refractivity contribution in [1.29, 1.82) is 0 Å². The molecule has 3 heteroatoms. The van der Waals surface area contributed by atoms with Gasteiger partial charge in [0.05, 0.1) is 0 Å². The summed E-state index contributed by atoms with van der Waals surface area (Å²) in [6.45, 7) is 5.55. The third kappa shape index (κ3) is 4.03. The minimum absolute atomic E-state index is 0.334. The third-order valence-corrected chi connectivity index (χ3v) is 2.38. The van der Waals surface area contributed by atoms with E-state index in [9.17, 15) is 9.90 Å². The van der Waals surface area contributed by atoms with Crippen LogP contribution in [-0.4, -0.2) is 23.2 Å². The number of rotatable bonds is 4. The molecule has 0 atom stereocenters. The van der Waals surface area contributed by atoms with Gasteiger partial charge in [0.15, 0.2) is 0 Å². The average molecular weight is 221 g/mol. The van der Waals surface area contributed by atoms with Gasteiger partial charge < -0.3 is 10.4 Å². The molecule has 88 valence electrons. The monoisotopic (exact) mass is 221 g/mol. The number of carbonyl (C=O) groups is 1. The maximum atomic E-state index is 11.3. The van der Waals surface area contributed by atoms with Crippen LogP contribution in [0, 0.1) is 6.92 Å². The summed E-state index contributed by atoms with van der Waals surface area (Å²) in [6, 6.07) is 8.19. The average Bonchev–Trinajstić information content (AvgIpc) is 2.19. The van der Waals surface area contributed by atoms with Crippen LogP contribution in [-0.2, 0) is 11.2 Å². The molecular formula is C13H19NO2. The zero-order valence-electron chi connectivity index (χ0n) is 10.1. The second-order valence-electron chi connectivity index (χ2n) is 4.55. The topological polar surface area (TPSA) is 49.3 Å². The molecule has 16 heavy (non-hydrogen) atoms. The van der Waals surface area contributed by atoms with Crippen LogP contribution in [0.15, 0.2) is 24.3 Å². The predicted octanol–water partition coefficient (Wildman–Crippen LogP) is 1.42. The molecule has 0 aromatic heterocycles. The molecule has 0 saturated heterocycles. The Balaban J connectivity index is 2.36. The van der Waals surface area contributed by atoms with Gasteiger partial charge in [-0.25, -0.2) is 0 Å². The number of carbonyl (C=O) groups excluding carboxylic acids is 1. The molecular weight excluding hydrogens is 202 g/mol. The van der Waals surface area contributed by atoms with Crippen LogP contribution in [0.1, 0.15) is 25.0 Å². The van der Waals surface area contributed by atoms with Crippen LogP contribution in [0.25, 0.3) is 0 Å². The maximum absolute atomic E-state index is 11.3. The first-order valence-electron chi connectivity index (χ1n) is 5.46. The molecule has 0 bridgehead atoms. The summed E-state index contributed by atoms with van der Waals surface area (Å²) in [5.41, 5.74) is 1.11. The van der Waals surface area contributed by atoms with Gasteiger partial charge in [0, 0.05) is 6.54 Å². The Labute approximate surface area is 96.5 Å². The van der Waals surface area contributed by atoms with Crippen LogP contribution >= 0.6 is 0 Å². The van der Waals surface area contributed by atoms with E-state index >= 15 is 0 Å². The van der Waals surface area contributed by atoms with E-state index < -0.39 is 5.60 Å². The quantitative estimate of drug-likeness (QED) is 0.808. The van der Waals surface area contributed by atoms with E-state index in [1.54, 1.807) is 0 Å². The minimum Gasteiger partial charge on any atom is -0.381 e. The number of nitrogens with one attached hydrogen (secondary N) is 1. The zero-order valence-corrected chi connectivity index (χ0v) is 10.1. The Morgan fingerprint density at radius 3 is 2.38 bits per heavy atom. The van der Waals surface area contributed by atoms with E-state index in [-0.39, 0.29) is 5.91 Å². The highest BCUT2D eigenvalue weighted by atomic mass is 16.3. The molecule has 0 aliphatic heterocycles. The number of aliphatic hydroxyl groups is 1. The Hall–Kier alpha value is -1.35. The van der Waals surface area contributed by atoms with Gasteiger partial charge in [0.25, 0.3) is 5.91 Å². The summed E-state index contributed by atoms with van der Waals surface area (Å²) >= 11 is 0. The molecule has 0 aliphatic carbocycles. The van der Waals surface area contributed by atoms with Gasteiger partial charge in [0.1, 0.15) is 5.60 Å². The van der Waals surface area contributed by atoms with Crippen LogP contribution in [0.2, 0.25) is 0 Å². The Bertz CT molecular complexity index is 349. The SMILES string of the molecule is Cc1ccc(CCNC(=O)C(C)(C)O)cc1. The van der Waals surface area contributed by atoms with E-state index in [0.29, 0.717) is 6.54 Å². The first-order valence-corrected chi connectivity index (χ1v) is 5.46. The molecule has 1 rings (SSSR count). The Morgan fingerprint density at radius 2 is 1.88 bits per heavy atom. The summed E-state index contributed by atoms with van der Waals surface area (Å²) in [5, 5.41) is 12.1. The number of hydrogen-bond donors (Lipinski definition) is 2. The Morgan fingerprint density at radius 1 is 1.31 bits per heavy atom. The summed E-state index contributed by atoms with van der Waals surface area (Å²) < 4.78 is 0. The lowest BCUT2D eigenvalue weighted by Crippen LogP contribution is -2.42. The molecule has 0 aliphatic rings.